The second-order valence-corrected chi connectivity index (χ2v) is 12.8. The summed E-state index contributed by atoms with van der Waals surface area (Å²) in [6, 6.07) is 64.0. The van der Waals surface area contributed by atoms with E-state index in [-0.39, 0.29) is 0 Å². The number of aromatic nitrogens is 4. The van der Waals surface area contributed by atoms with Gasteiger partial charge in [-0.2, -0.15) is 0 Å². The van der Waals surface area contributed by atoms with Crippen molar-refractivity contribution in [2.45, 2.75) is 0 Å². The molecular weight excluding hydrogens is 621 g/mol. The first-order valence-corrected chi connectivity index (χ1v) is 17.2. The van der Waals surface area contributed by atoms with Gasteiger partial charge in [-0.3, -0.25) is 0 Å². The topological polar surface area (TPSA) is 43.6 Å². The van der Waals surface area contributed by atoms with E-state index in [0.717, 1.165) is 44.5 Å². The van der Waals surface area contributed by atoms with E-state index in [1.807, 2.05) is 60.7 Å². The van der Waals surface area contributed by atoms with E-state index in [0.29, 0.717) is 17.5 Å². The monoisotopic (exact) mass is 650 g/mol. The van der Waals surface area contributed by atoms with Crippen molar-refractivity contribution in [3.05, 3.63) is 182 Å². The zero-order chi connectivity index (χ0) is 33.7. The SMILES string of the molecule is c1ccc(-c2nc(-c3ccccc3)nc(-c3ccc(-c4ccccc4)c(-n4c5ccc6ccccc6c5c5c6ccccc6ccc54)c3)n2)cc1. The summed E-state index contributed by atoms with van der Waals surface area (Å²) >= 11 is 0. The molecule has 0 radical (unpaired) electrons. The third-order valence-corrected chi connectivity index (χ3v) is 9.83. The number of rotatable bonds is 5. The molecule has 0 saturated carbocycles. The molecule has 0 aliphatic rings. The molecule has 0 aliphatic carbocycles. The van der Waals surface area contributed by atoms with Crippen LogP contribution in [0.4, 0.5) is 0 Å². The molecular formula is C47H30N4. The second kappa shape index (κ2) is 11.9. The summed E-state index contributed by atoms with van der Waals surface area (Å²) in [5, 5.41) is 7.43. The van der Waals surface area contributed by atoms with E-state index in [1.165, 1.54) is 32.3 Å². The van der Waals surface area contributed by atoms with Crippen molar-refractivity contribution in [3.63, 3.8) is 0 Å². The molecule has 0 N–H and O–H groups in total. The van der Waals surface area contributed by atoms with E-state index >= 15 is 0 Å². The van der Waals surface area contributed by atoms with E-state index in [9.17, 15) is 0 Å². The van der Waals surface area contributed by atoms with Crippen molar-refractivity contribution in [2.24, 2.45) is 0 Å². The van der Waals surface area contributed by atoms with Crippen LogP contribution in [0, 0.1) is 0 Å². The average molecular weight is 651 g/mol. The number of fused-ring (bicyclic) bond motifs is 7. The normalized spacial score (nSPS) is 11.5. The lowest BCUT2D eigenvalue weighted by Gasteiger charge is -2.16. The maximum absolute atomic E-state index is 5.10. The van der Waals surface area contributed by atoms with Crippen molar-refractivity contribution in [1.82, 2.24) is 19.5 Å². The summed E-state index contributed by atoms with van der Waals surface area (Å²) in [6.45, 7) is 0. The van der Waals surface area contributed by atoms with Crippen LogP contribution in [0.25, 0.3) is 94.3 Å². The number of hydrogen-bond acceptors (Lipinski definition) is 3. The van der Waals surface area contributed by atoms with Crippen LogP contribution in [0.2, 0.25) is 0 Å². The Morgan fingerprint density at radius 3 is 1.27 bits per heavy atom. The minimum Gasteiger partial charge on any atom is -0.309 e. The largest absolute Gasteiger partial charge is 0.309 e. The van der Waals surface area contributed by atoms with Crippen molar-refractivity contribution in [1.29, 1.82) is 0 Å². The summed E-state index contributed by atoms with van der Waals surface area (Å²) in [4.78, 5) is 15.1. The van der Waals surface area contributed by atoms with Gasteiger partial charge >= 0.3 is 0 Å². The Balaban J connectivity index is 1.30. The van der Waals surface area contributed by atoms with E-state index in [1.54, 1.807) is 0 Å². The van der Waals surface area contributed by atoms with Gasteiger partial charge in [-0.1, -0.05) is 164 Å². The summed E-state index contributed by atoms with van der Waals surface area (Å²) in [5.74, 6) is 1.91. The van der Waals surface area contributed by atoms with Gasteiger partial charge in [0.05, 0.1) is 16.7 Å². The molecule has 2 aromatic heterocycles. The highest BCUT2D eigenvalue weighted by molar-refractivity contribution is 6.28. The summed E-state index contributed by atoms with van der Waals surface area (Å²) in [6.07, 6.45) is 0. The first kappa shape index (κ1) is 29.0. The number of nitrogens with zero attached hydrogens (tertiary/aromatic N) is 4. The van der Waals surface area contributed by atoms with Gasteiger partial charge in [0.25, 0.3) is 0 Å². The van der Waals surface area contributed by atoms with Crippen LogP contribution in [0.1, 0.15) is 0 Å². The molecule has 51 heavy (non-hydrogen) atoms. The van der Waals surface area contributed by atoms with Crippen LogP contribution in [0.5, 0.6) is 0 Å². The van der Waals surface area contributed by atoms with Crippen LogP contribution in [0.3, 0.4) is 0 Å². The Morgan fingerprint density at radius 2 is 0.765 bits per heavy atom. The summed E-state index contributed by atoms with van der Waals surface area (Å²) in [7, 11) is 0. The van der Waals surface area contributed by atoms with Crippen LogP contribution >= 0.6 is 0 Å². The van der Waals surface area contributed by atoms with Crippen molar-refractivity contribution >= 4 is 43.4 Å². The fraction of sp³-hybridized carbons (Fsp3) is 0. The fourth-order valence-corrected chi connectivity index (χ4v) is 7.46. The van der Waals surface area contributed by atoms with Gasteiger partial charge in [-0.15, -0.1) is 0 Å². The molecule has 10 rings (SSSR count). The van der Waals surface area contributed by atoms with Crippen LogP contribution < -0.4 is 0 Å². The molecule has 0 amide bonds. The Labute approximate surface area is 295 Å². The van der Waals surface area contributed by atoms with Crippen LogP contribution in [-0.4, -0.2) is 19.5 Å². The van der Waals surface area contributed by atoms with Crippen molar-refractivity contribution in [3.8, 4) is 51.0 Å². The third kappa shape index (κ3) is 4.88. The Hall–Kier alpha value is -6.91. The zero-order valence-corrected chi connectivity index (χ0v) is 27.6. The third-order valence-electron chi connectivity index (χ3n) is 9.83. The number of hydrogen-bond donors (Lipinski definition) is 0. The molecule has 0 atom stereocenters. The van der Waals surface area contributed by atoms with Gasteiger partial charge in [0.1, 0.15) is 0 Å². The highest BCUT2D eigenvalue weighted by Crippen LogP contribution is 2.43. The van der Waals surface area contributed by atoms with E-state index < -0.39 is 0 Å². The highest BCUT2D eigenvalue weighted by atomic mass is 15.0. The van der Waals surface area contributed by atoms with Gasteiger partial charge in [0.15, 0.2) is 17.5 Å². The predicted molar refractivity (Wildman–Crippen MR) is 211 cm³/mol. The van der Waals surface area contributed by atoms with Crippen molar-refractivity contribution < 1.29 is 0 Å². The molecule has 4 heteroatoms. The molecule has 10 aromatic rings. The second-order valence-electron chi connectivity index (χ2n) is 12.8. The molecule has 0 bridgehead atoms. The smallest absolute Gasteiger partial charge is 0.164 e. The zero-order valence-electron chi connectivity index (χ0n) is 27.6. The molecule has 0 spiro atoms. The molecule has 8 aromatic carbocycles. The van der Waals surface area contributed by atoms with E-state index in [4.69, 9.17) is 15.0 Å². The quantitative estimate of drug-likeness (QED) is 0.186. The number of benzene rings is 8. The molecule has 0 fully saturated rings. The standard InChI is InChI=1S/C47H30N4/c1-4-14-31(15-5-1)37-27-24-36(47-49-45(34-18-6-2-7-19-34)48-46(50-47)35-20-8-3-9-21-35)30-42(37)51-40-28-25-32-16-10-12-22-38(32)43(40)44-39-23-13-11-17-33(39)26-29-41(44)51/h1-30H. The van der Waals surface area contributed by atoms with Crippen LogP contribution in [-0.2, 0) is 0 Å². The first-order chi connectivity index (χ1) is 25.3. The lowest BCUT2D eigenvalue weighted by atomic mass is 10.00. The highest BCUT2D eigenvalue weighted by Gasteiger charge is 2.21. The molecule has 0 unspecified atom stereocenters. The first-order valence-electron chi connectivity index (χ1n) is 17.2. The Bertz CT molecular complexity index is 2740. The minimum absolute atomic E-state index is 0.625. The maximum atomic E-state index is 5.10. The maximum Gasteiger partial charge on any atom is 0.164 e. The Morgan fingerprint density at radius 1 is 0.333 bits per heavy atom. The molecule has 4 nitrogen and oxygen atoms in total. The van der Waals surface area contributed by atoms with Gasteiger partial charge in [-0.05, 0) is 45.3 Å². The molecule has 0 saturated heterocycles. The van der Waals surface area contributed by atoms with Gasteiger partial charge in [0.2, 0.25) is 0 Å². The van der Waals surface area contributed by atoms with Crippen LogP contribution in [0.15, 0.2) is 182 Å². The van der Waals surface area contributed by atoms with Crippen molar-refractivity contribution in [2.75, 3.05) is 0 Å². The summed E-state index contributed by atoms with van der Waals surface area (Å²) < 4.78 is 2.44. The average Bonchev–Trinajstić information content (AvgIpc) is 3.57. The lowest BCUT2D eigenvalue weighted by molar-refractivity contribution is 1.07. The molecule has 0 aliphatic heterocycles. The fourth-order valence-electron chi connectivity index (χ4n) is 7.46. The lowest BCUT2D eigenvalue weighted by Crippen LogP contribution is -2.02. The minimum atomic E-state index is 0.625. The molecule has 238 valence electrons. The van der Waals surface area contributed by atoms with Gasteiger partial charge < -0.3 is 4.57 Å². The summed E-state index contributed by atoms with van der Waals surface area (Å²) in [5.41, 5.74) is 8.44. The van der Waals surface area contributed by atoms with Gasteiger partial charge in [-0.25, -0.2) is 15.0 Å². The Kier molecular flexibility index (Phi) is 6.78. The van der Waals surface area contributed by atoms with Gasteiger partial charge in [0, 0.05) is 33.0 Å². The van der Waals surface area contributed by atoms with E-state index in [2.05, 4.69) is 126 Å². The molecule has 2 heterocycles. The predicted octanol–water partition coefficient (Wildman–Crippen LogP) is 11.9.